The number of ether oxygens (including phenoxy) is 1. The number of hydrogen-bond donors (Lipinski definition) is 1. The fourth-order valence-electron chi connectivity index (χ4n) is 1.80. The first-order chi connectivity index (χ1) is 5.71. The normalized spacial score (nSPS) is 23.1. The van der Waals surface area contributed by atoms with Gasteiger partial charge in [0.2, 0.25) is 0 Å². The van der Waals surface area contributed by atoms with Crippen LogP contribution in [0.1, 0.15) is 38.5 Å². The van der Waals surface area contributed by atoms with E-state index in [4.69, 9.17) is 9.84 Å². The molecule has 0 bridgehead atoms. The molecule has 1 rings (SSSR count). The summed E-state index contributed by atoms with van der Waals surface area (Å²) in [5, 5.41) is 8.99. The van der Waals surface area contributed by atoms with Gasteiger partial charge in [-0.25, -0.2) is 4.79 Å². The Labute approximate surface area is 72.7 Å². The third kappa shape index (κ3) is 1.78. The number of carboxylic acid groups (broad SMARTS) is 1. The van der Waals surface area contributed by atoms with E-state index in [0.717, 1.165) is 25.7 Å². The first-order valence-electron chi connectivity index (χ1n) is 4.50. The van der Waals surface area contributed by atoms with Crippen molar-refractivity contribution in [2.75, 3.05) is 7.11 Å². The maximum absolute atomic E-state index is 10.9. The molecule has 0 heterocycles. The van der Waals surface area contributed by atoms with Crippen LogP contribution >= 0.6 is 0 Å². The molecule has 0 atom stereocenters. The van der Waals surface area contributed by atoms with Crippen molar-refractivity contribution in [3.8, 4) is 0 Å². The van der Waals surface area contributed by atoms with Crippen molar-refractivity contribution < 1.29 is 14.6 Å². The Morgan fingerprint density at radius 2 is 1.75 bits per heavy atom. The van der Waals surface area contributed by atoms with Crippen molar-refractivity contribution in [3.05, 3.63) is 0 Å². The fourth-order valence-corrected chi connectivity index (χ4v) is 1.80. The lowest BCUT2D eigenvalue weighted by Crippen LogP contribution is -2.40. The molecule has 70 valence electrons. The van der Waals surface area contributed by atoms with Gasteiger partial charge in [0.15, 0.2) is 5.60 Å². The van der Waals surface area contributed by atoms with Gasteiger partial charge in [-0.3, -0.25) is 0 Å². The van der Waals surface area contributed by atoms with E-state index in [1.54, 1.807) is 0 Å². The van der Waals surface area contributed by atoms with Crippen LogP contribution in [0.4, 0.5) is 0 Å². The number of aliphatic carboxylic acids is 1. The van der Waals surface area contributed by atoms with Crippen LogP contribution in [0, 0.1) is 0 Å². The van der Waals surface area contributed by atoms with Crippen LogP contribution in [0.3, 0.4) is 0 Å². The average molecular weight is 172 g/mol. The molecule has 0 aromatic carbocycles. The van der Waals surface area contributed by atoms with E-state index in [9.17, 15) is 4.79 Å². The Hall–Kier alpha value is -0.570. The van der Waals surface area contributed by atoms with Crippen LogP contribution in [-0.2, 0) is 9.53 Å². The molecule has 0 unspecified atom stereocenters. The molecule has 0 aromatic heterocycles. The highest BCUT2D eigenvalue weighted by atomic mass is 16.5. The molecule has 12 heavy (non-hydrogen) atoms. The van der Waals surface area contributed by atoms with Gasteiger partial charge in [-0.1, -0.05) is 12.8 Å². The second kappa shape index (κ2) is 3.90. The molecule has 3 nitrogen and oxygen atoms in total. The second-order valence-corrected chi connectivity index (χ2v) is 3.42. The van der Waals surface area contributed by atoms with Gasteiger partial charge in [0.25, 0.3) is 0 Å². The van der Waals surface area contributed by atoms with Gasteiger partial charge in [-0.2, -0.15) is 0 Å². The van der Waals surface area contributed by atoms with Gasteiger partial charge in [0.05, 0.1) is 0 Å². The van der Waals surface area contributed by atoms with Gasteiger partial charge >= 0.3 is 5.97 Å². The van der Waals surface area contributed by atoms with E-state index in [1.165, 1.54) is 7.11 Å². The lowest BCUT2D eigenvalue weighted by atomic mass is 9.94. The molecule has 0 radical (unpaired) electrons. The minimum Gasteiger partial charge on any atom is -0.479 e. The van der Waals surface area contributed by atoms with Crippen molar-refractivity contribution in [1.82, 2.24) is 0 Å². The van der Waals surface area contributed by atoms with Crippen LogP contribution in [0.15, 0.2) is 0 Å². The lowest BCUT2D eigenvalue weighted by Gasteiger charge is -2.25. The third-order valence-corrected chi connectivity index (χ3v) is 2.69. The molecule has 1 fully saturated rings. The highest BCUT2D eigenvalue weighted by molar-refractivity contribution is 5.77. The molecule has 1 aliphatic carbocycles. The van der Waals surface area contributed by atoms with E-state index in [1.807, 2.05) is 0 Å². The second-order valence-electron chi connectivity index (χ2n) is 3.42. The summed E-state index contributed by atoms with van der Waals surface area (Å²) in [6.07, 6.45) is 5.55. The van der Waals surface area contributed by atoms with Crippen molar-refractivity contribution in [1.29, 1.82) is 0 Å². The molecule has 3 heteroatoms. The Morgan fingerprint density at radius 1 is 1.25 bits per heavy atom. The Kier molecular flexibility index (Phi) is 3.09. The Morgan fingerprint density at radius 3 is 2.08 bits per heavy atom. The average Bonchev–Trinajstić information content (AvgIpc) is 2.29. The van der Waals surface area contributed by atoms with E-state index in [0.29, 0.717) is 12.8 Å². The Balaban J connectivity index is 2.68. The lowest BCUT2D eigenvalue weighted by molar-refractivity contribution is -0.163. The SMILES string of the molecule is COC1(C(=O)O)CCCCCC1. The van der Waals surface area contributed by atoms with E-state index < -0.39 is 11.6 Å². The first-order valence-corrected chi connectivity index (χ1v) is 4.50. The van der Waals surface area contributed by atoms with Gasteiger partial charge in [-0.15, -0.1) is 0 Å². The third-order valence-electron chi connectivity index (χ3n) is 2.69. The van der Waals surface area contributed by atoms with Crippen LogP contribution in [0.5, 0.6) is 0 Å². The van der Waals surface area contributed by atoms with Crippen molar-refractivity contribution >= 4 is 5.97 Å². The van der Waals surface area contributed by atoms with Crippen molar-refractivity contribution in [2.24, 2.45) is 0 Å². The molecule has 0 aromatic rings. The fraction of sp³-hybridized carbons (Fsp3) is 0.889. The van der Waals surface area contributed by atoms with Crippen LogP contribution in [0.2, 0.25) is 0 Å². The van der Waals surface area contributed by atoms with Gasteiger partial charge < -0.3 is 9.84 Å². The summed E-state index contributed by atoms with van der Waals surface area (Å²) in [6.45, 7) is 0. The summed E-state index contributed by atoms with van der Waals surface area (Å²) in [7, 11) is 1.50. The molecular weight excluding hydrogens is 156 g/mol. The van der Waals surface area contributed by atoms with Crippen molar-refractivity contribution in [2.45, 2.75) is 44.1 Å². The van der Waals surface area contributed by atoms with Gasteiger partial charge in [0, 0.05) is 7.11 Å². The summed E-state index contributed by atoms with van der Waals surface area (Å²) >= 11 is 0. The maximum Gasteiger partial charge on any atom is 0.335 e. The predicted octanol–water partition coefficient (Wildman–Crippen LogP) is 1.81. The smallest absolute Gasteiger partial charge is 0.335 e. The van der Waals surface area contributed by atoms with Crippen molar-refractivity contribution in [3.63, 3.8) is 0 Å². The number of methoxy groups -OCH3 is 1. The monoisotopic (exact) mass is 172 g/mol. The van der Waals surface area contributed by atoms with Gasteiger partial charge in [-0.05, 0) is 25.7 Å². The summed E-state index contributed by atoms with van der Waals surface area (Å²) < 4.78 is 5.12. The molecule has 1 aliphatic rings. The van der Waals surface area contributed by atoms with Crippen LogP contribution in [-0.4, -0.2) is 23.8 Å². The molecule has 1 saturated carbocycles. The quantitative estimate of drug-likeness (QED) is 0.646. The standard InChI is InChI=1S/C9H16O3/c1-12-9(8(10)11)6-4-2-3-5-7-9/h2-7H2,1H3,(H,10,11). The molecule has 0 spiro atoms. The number of carboxylic acids is 1. The van der Waals surface area contributed by atoms with Crippen LogP contribution < -0.4 is 0 Å². The minimum absolute atomic E-state index is 0.666. The van der Waals surface area contributed by atoms with E-state index in [-0.39, 0.29) is 0 Å². The molecule has 0 amide bonds. The number of carbonyl (C=O) groups is 1. The zero-order chi connectivity index (χ0) is 9.03. The molecule has 0 aliphatic heterocycles. The molecule has 0 saturated heterocycles. The Bertz CT molecular complexity index is 157. The summed E-state index contributed by atoms with van der Waals surface area (Å²) in [5.41, 5.74) is -0.878. The summed E-state index contributed by atoms with van der Waals surface area (Å²) in [6, 6.07) is 0. The largest absolute Gasteiger partial charge is 0.479 e. The van der Waals surface area contributed by atoms with Gasteiger partial charge in [0.1, 0.15) is 0 Å². The zero-order valence-corrected chi connectivity index (χ0v) is 7.51. The zero-order valence-electron chi connectivity index (χ0n) is 7.51. The number of rotatable bonds is 2. The molecular formula is C9H16O3. The molecule has 1 N–H and O–H groups in total. The maximum atomic E-state index is 10.9. The summed E-state index contributed by atoms with van der Waals surface area (Å²) in [4.78, 5) is 10.9. The van der Waals surface area contributed by atoms with E-state index >= 15 is 0 Å². The summed E-state index contributed by atoms with van der Waals surface area (Å²) in [5.74, 6) is -0.799. The van der Waals surface area contributed by atoms with Crippen LogP contribution in [0.25, 0.3) is 0 Å². The first kappa shape index (κ1) is 9.52. The number of hydrogen-bond acceptors (Lipinski definition) is 2. The predicted molar refractivity (Wildman–Crippen MR) is 45.1 cm³/mol. The topological polar surface area (TPSA) is 46.5 Å². The minimum atomic E-state index is -0.878. The van der Waals surface area contributed by atoms with E-state index in [2.05, 4.69) is 0 Å². The highest BCUT2D eigenvalue weighted by Gasteiger charge is 2.38. The highest BCUT2D eigenvalue weighted by Crippen LogP contribution is 2.29.